The number of nitrogens with one attached hydrogen (secondary N) is 1. The summed E-state index contributed by atoms with van der Waals surface area (Å²) in [5.41, 5.74) is 0.740. The molecule has 0 saturated heterocycles. The predicted molar refractivity (Wildman–Crippen MR) is 76.9 cm³/mol. The second kappa shape index (κ2) is 8.19. The van der Waals surface area contributed by atoms with E-state index in [0.29, 0.717) is 6.42 Å². The fourth-order valence-corrected chi connectivity index (χ4v) is 1.85. The van der Waals surface area contributed by atoms with Gasteiger partial charge in [0.15, 0.2) is 0 Å². The van der Waals surface area contributed by atoms with Gasteiger partial charge >= 0.3 is 5.97 Å². The second-order valence-corrected chi connectivity index (χ2v) is 4.31. The van der Waals surface area contributed by atoms with Gasteiger partial charge in [0.05, 0.1) is 13.7 Å². The van der Waals surface area contributed by atoms with Gasteiger partial charge in [0, 0.05) is 11.6 Å². The Kier molecular flexibility index (Phi) is 6.56. The van der Waals surface area contributed by atoms with Gasteiger partial charge in [-0.1, -0.05) is 6.92 Å². The van der Waals surface area contributed by atoms with E-state index in [9.17, 15) is 9.59 Å². The number of benzene rings is 1. The molecule has 110 valence electrons. The zero-order valence-electron chi connectivity index (χ0n) is 12.1. The van der Waals surface area contributed by atoms with Gasteiger partial charge in [0.1, 0.15) is 18.1 Å². The number of esters is 1. The van der Waals surface area contributed by atoms with E-state index < -0.39 is 17.9 Å². The number of aldehydes is 1. The Labute approximate surface area is 119 Å². The van der Waals surface area contributed by atoms with Crippen LogP contribution in [-0.2, 0) is 14.3 Å². The van der Waals surface area contributed by atoms with E-state index in [1.807, 2.05) is 6.92 Å². The van der Waals surface area contributed by atoms with E-state index >= 15 is 0 Å². The Hall–Kier alpha value is -2.04. The SMILES string of the molecule is CCOC(=O)[C@@H](Nc1ccc(OC)cc1)[C@@H](C=O)CC. The van der Waals surface area contributed by atoms with Crippen molar-refractivity contribution < 1.29 is 19.1 Å². The van der Waals surface area contributed by atoms with Gasteiger partial charge in [-0.15, -0.1) is 0 Å². The summed E-state index contributed by atoms with van der Waals surface area (Å²) in [4.78, 5) is 23.1. The minimum Gasteiger partial charge on any atom is -0.497 e. The topological polar surface area (TPSA) is 64.6 Å². The van der Waals surface area contributed by atoms with Crippen LogP contribution in [0.5, 0.6) is 5.75 Å². The first-order valence-corrected chi connectivity index (χ1v) is 6.68. The third-order valence-electron chi connectivity index (χ3n) is 3.03. The first-order chi connectivity index (χ1) is 9.65. The molecule has 5 heteroatoms. The lowest BCUT2D eigenvalue weighted by Gasteiger charge is -2.22. The molecule has 0 radical (unpaired) electrons. The van der Waals surface area contributed by atoms with E-state index in [0.717, 1.165) is 17.7 Å². The Morgan fingerprint density at radius 2 is 1.95 bits per heavy atom. The molecule has 1 aromatic carbocycles. The Bertz CT molecular complexity index is 430. The third-order valence-corrected chi connectivity index (χ3v) is 3.03. The van der Waals surface area contributed by atoms with Crippen LogP contribution in [0.25, 0.3) is 0 Å². The lowest BCUT2D eigenvalue weighted by atomic mass is 9.98. The van der Waals surface area contributed by atoms with Crippen molar-refractivity contribution in [3.63, 3.8) is 0 Å². The van der Waals surface area contributed by atoms with Crippen molar-refractivity contribution in [3.05, 3.63) is 24.3 Å². The third kappa shape index (κ3) is 4.26. The van der Waals surface area contributed by atoms with Gasteiger partial charge in [0.25, 0.3) is 0 Å². The zero-order chi connectivity index (χ0) is 15.0. The first kappa shape index (κ1) is 16.0. The van der Waals surface area contributed by atoms with Gasteiger partial charge < -0.3 is 19.6 Å². The molecule has 5 nitrogen and oxygen atoms in total. The number of hydrogen-bond acceptors (Lipinski definition) is 5. The van der Waals surface area contributed by atoms with Crippen molar-refractivity contribution in [2.45, 2.75) is 26.3 Å². The van der Waals surface area contributed by atoms with Crippen LogP contribution in [0.1, 0.15) is 20.3 Å². The molecular weight excluding hydrogens is 258 g/mol. The summed E-state index contributed by atoms with van der Waals surface area (Å²) in [6.07, 6.45) is 1.36. The average Bonchev–Trinajstić information content (AvgIpc) is 2.48. The maximum absolute atomic E-state index is 12.0. The lowest BCUT2D eigenvalue weighted by Crippen LogP contribution is -2.39. The highest BCUT2D eigenvalue weighted by molar-refractivity contribution is 5.83. The van der Waals surface area contributed by atoms with E-state index in [2.05, 4.69) is 5.32 Å². The summed E-state index contributed by atoms with van der Waals surface area (Å²) in [5, 5.41) is 3.06. The Morgan fingerprint density at radius 1 is 1.30 bits per heavy atom. The highest BCUT2D eigenvalue weighted by Gasteiger charge is 2.28. The van der Waals surface area contributed by atoms with Crippen molar-refractivity contribution in [1.82, 2.24) is 0 Å². The van der Waals surface area contributed by atoms with Crippen LogP contribution in [-0.4, -0.2) is 32.0 Å². The number of anilines is 1. The molecule has 1 aromatic rings. The number of ether oxygens (including phenoxy) is 2. The van der Waals surface area contributed by atoms with Crippen LogP contribution < -0.4 is 10.1 Å². The fourth-order valence-electron chi connectivity index (χ4n) is 1.85. The zero-order valence-corrected chi connectivity index (χ0v) is 12.1. The smallest absolute Gasteiger partial charge is 0.329 e. The molecule has 0 aliphatic heterocycles. The van der Waals surface area contributed by atoms with Crippen molar-refractivity contribution >= 4 is 17.9 Å². The standard InChI is InChI=1S/C15H21NO4/c1-4-11(10-17)14(15(18)20-5-2)16-12-6-8-13(19-3)9-7-12/h6-11,14,16H,4-5H2,1-3H3/t11-,14+/m1/s1. The lowest BCUT2D eigenvalue weighted by molar-refractivity contribution is -0.146. The van der Waals surface area contributed by atoms with E-state index in [4.69, 9.17) is 9.47 Å². The van der Waals surface area contributed by atoms with Crippen LogP contribution in [0.15, 0.2) is 24.3 Å². The molecule has 1 N–H and O–H groups in total. The molecule has 0 spiro atoms. The normalized spacial score (nSPS) is 13.2. The van der Waals surface area contributed by atoms with Crippen molar-refractivity contribution in [3.8, 4) is 5.75 Å². The van der Waals surface area contributed by atoms with Crippen LogP contribution in [0.2, 0.25) is 0 Å². The minimum absolute atomic E-state index is 0.287. The molecule has 0 fully saturated rings. The molecule has 0 amide bonds. The summed E-state index contributed by atoms with van der Waals surface area (Å²) >= 11 is 0. The van der Waals surface area contributed by atoms with Crippen molar-refractivity contribution in [2.75, 3.05) is 19.0 Å². The minimum atomic E-state index is -0.675. The van der Waals surface area contributed by atoms with Crippen molar-refractivity contribution in [1.29, 1.82) is 0 Å². The van der Waals surface area contributed by atoms with Gasteiger partial charge in [-0.25, -0.2) is 4.79 Å². The summed E-state index contributed by atoms with van der Waals surface area (Å²) < 4.78 is 10.1. The van der Waals surface area contributed by atoms with Crippen LogP contribution >= 0.6 is 0 Å². The first-order valence-electron chi connectivity index (χ1n) is 6.68. The van der Waals surface area contributed by atoms with Gasteiger partial charge in [-0.05, 0) is 37.6 Å². The molecule has 1 rings (SSSR count). The monoisotopic (exact) mass is 279 g/mol. The molecule has 0 saturated carbocycles. The maximum Gasteiger partial charge on any atom is 0.329 e. The average molecular weight is 279 g/mol. The molecule has 2 atom stereocenters. The summed E-state index contributed by atoms with van der Waals surface area (Å²) in [7, 11) is 1.59. The fraction of sp³-hybridized carbons (Fsp3) is 0.467. The highest BCUT2D eigenvalue weighted by Crippen LogP contribution is 2.19. The molecule has 0 aliphatic rings. The number of carbonyl (C=O) groups is 2. The molecular formula is C15H21NO4. The molecule has 0 unspecified atom stereocenters. The van der Waals surface area contributed by atoms with Crippen LogP contribution in [0.3, 0.4) is 0 Å². The van der Waals surface area contributed by atoms with E-state index in [1.54, 1.807) is 38.3 Å². The summed E-state index contributed by atoms with van der Waals surface area (Å²) in [6.45, 7) is 3.89. The summed E-state index contributed by atoms with van der Waals surface area (Å²) in [5.74, 6) is -0.107. The van der Waals surface area contributed by atoms with Crippen LogP contribution in [0, 0.1) is 5.92 Å². The highest BCUT2D eigenvalue weighted by atomic mass is 16.5. The number of hydrogen-bond donors (Lipinski definition) is 1. The second-order valence-electron chi connectivity index (χ2n) is 4.31. The van der Waals surface area contributed by atoms with Gasteiger partial charge in [-0.2, -0.15) is 0 Å². The molecule has 0 aromatic heterocycles. The predicted octanol–water partition coefficient (Wildman–Crippen LogP) is 2.26. The largest absolute Gasteiger partial charge is 0.497 e. The molecule has 0 heterocycles. The number of methoxy groups -OCH3 is 1. The molecule has 0 aliphatic carbocycles. The quantitative estimate of drug-likeness (QED) is 0.584. The number of carbonyl (C=O) groups excluding carboxylic acids is 2. The van der Waals surface area contributed by atoms with Gasteiger partial charge in [-0.3, -0.25) is 0 Å². The van der Waals surface area contributed by atoms with Crippen LogP contribution in [0.4, 0.5) is 5.69 Å². The number of rotatable bonds is 8. The van der Waals surface area contributed by atoms with Crippen molar-refractivity contribution in [2.24, 2.45) is 5.92 Å². The molecule has 0 bridgehead atoms. The molecule has 20 heavy (non-hydrogen) atoms. The van der Waals surface area contributed by atoms with E-state index in [1.165, 1.54) is 0 Å². The maximum atomic E-state index is 12.0. The summed E-state index contributed by atoms with van der Waals surface area (Å²) in [6, 6.07) is 6.48. The van der Waals surface area contributed by atoms with E-state index in [-0.39, 0.29) is 6.61 Å². The van der Waals surface area contributed by atoms with Gasteiger partial charge in [0.2, 0.25) is 0 Å². The Balaban J connectivity index is 2.86. The Morgan fingerprint density at radius 3 is 2.40 bits per heavy atom.